The number of aliphatic imine (C=N–C) groups is 1. The summed E-state index contributed by atoms with van der Waals surface area (Å²) in [6.07, 6.45) is 0.975. The number of nitrogens with zero attached hydrogens (tertiary/aromatic N) is 1. The number of hydrogen-bond acceptors (Lipinski definition) is 1. The summed E-state index contributed by atoms with van der Waals surface area (Å²) in [5.41, 5.74) is 5.03. The molecule has 0 N–H and O–H groups in total. The lowest BCUT2D eigenvalue weighted by molar-refractivity contribution is 1.19. The molecule has 0 aromatic heterocycles. The Bertz CT molecular complexity index is 572. The van der Waals surface area contributed by atoms with Crippen molar-refractivity contribution in [1.82, 2.24) is 0 Å². The molecule has 0 unspecified atom stereocenters. The summed E-state index contributed by atoms with van der Waals surface area (Å²) in [6.45, 7) is 0. The molecule has 3 rings (SSSR count). The molecule has 0 spiro atoms. The van der Waals surface area contributed by atoms with Crippen molar-refractivity contribution in [1.29, 1.82) is 0 Å². The summed E-state index contributed by atoms with van der Waals surface area (Å²) in [5.74, 6) is 0. The molecule has 1 aliphatic heterocycles. The Morgan fingerprint density at radius 1 is 0.875 bits per heavy atom. The molecule has 0 fully saturated rings. The van der Waals surface area contributed by atoms with Gasteiger partial charge in [0.2, 0.25) is 0 Å². The zero-order valence-electron chi connectivity index (χ0n) is 8.65. The largest absolute Gasteiger partial charge is 0.242 e. The molecular formula is C14H10IN. The number of para-hydroxylation sites is 1. The Labute approximate surface area is 108 Å². The van der Waals surface area contributed by atoms with E-state index in [2.05, 4.69) is 70.0 Å². The van der Waals surface area contributed by atoms with E-state index in [0.29, 0.717) is 0 Å². The molecule has 78 valence electrons. The number of fused-ring (bicyclic) bond motifs is 2. The van der Waals surface area contributed by atoms with Crippen molar-refractivity contribution in [2.24, 2.45) is 4.99 Å². The smallest absolute Gasteiger partial charge is 0.109 e. The molecule has 2 heteroatoms. The highest BCUT2D eigenvalue weighted by atomic mass is 127. The number of rotatable bonds is 0. The topological polar surface area (TPSA) is 12.4 Å². The van der Waals surface area contributed by atoms with Crippen LogP contribution in [0.5, 0.6) is 0 Å². The second kappa shape index (κ2) is 4.01. The van der Waals surface area contributed by atoms with Crippen LogP contribution in [0, 0.1) is 0 Å². The minimum atomic E-state index is 0.975. The van der Waals surface area contributed by atoms with Crippen molar-refractivity contribution >= 4 is 32.0 Å². The van der Waals surface area contributed by atoms with Crippen LogP contribution in [0.15, 0.2) is 53.5 Å². The van der Waals surface area contributed by atoms with Crippen LogP contribution in [0.25, 0.3) is 0 Å². The summed E-state index contributed by atoms with van der Waals surface area (Å²) in [5, 5.41) is 0. The number of halogens is 1. The van der Waals surface area contributed by atoms with Gasteiger partial charge in [0, 0.05) is 12.0 Å². The normalized spacial score (nSPS) is 13.4. The highest BCUT2D eigenvalue weighted by Crippen LogP contribution is 2.29. The van der Waals surface area contributed by atoms with Gasteiger partial charge in [0.1, 0.15) is 3.72 Å². The van der Waals surface area contributed by atoms with Crippen LogP contribution in [0.1, 0.15) is 16.7 Å². The second-order valence-corrected chi connectivity index (χ2v) is 4.89. The third kappa shape index (κ3) is 1.67. The molecule has 0 atom stereocenters. The van der Waals surface area contributed by atoms with E-state index in [0.717, 1.165) is 15.8 Å². The quantitative estimate of drug-likeness (QED) is 0.648. The maximum Gasteiger partial charge on any atom is 0.109 e. The first-order valence-electron chi connectivity index (χ1n) is 5.25. The maximum atomic E-state index is 4.68. The maximum absolute atomic E-state index is 4.68. The molecule has 0 bridgehead atoms. The molecule has 16 heavy (non-hydrogen) atoms. The van der Waals surface area contributed by atoms with E-state index in [-0.39, 0.29) is 0 Å². The number of hydrogen-bond donors (Lipinski definition) is 0. The third-order valence-corrected chi connectivity index (χ3v) is 3.65. The number of benzene rings is 2. The Morgan fingerprint density at radius 2 is 1.56 bits per heavy atom. The Balaban J connectivity index is 2.25. The lowest BCUT2D eigenvalue weighted by atomic mass is 10.0. The first-order valence-corrected chi connectivity index (χ1v) is 6.33. The summed E-state index contributed by atoms with van der Waals surface area (Å²) in [7, 11) is 0. The molecule has 0 amide bonds. The summed E-state index contributed by atoms with van der Waals surface area (Å²) in [4.78, 5) is 4.68. The first-order chi connectivity index (χ1) is 7.84. The van der Waals surface area contributed by atoms with Gasteiger partial charge in [0.05, 0.1) is 5.69 Å². The van der Waals surface area contributed by atoms with Crippen LogP contribution in [0.4, 0.5) is 5.69 Å². The van der Waals surface area contributed by atoms with Crippen molar-refractivity contribution < 1.29 is 0 Å². The average molecular weight is 319 g/mol. The van der Waals surface area contributed by atoms with E-state index in [1.54, 1.807) is 0 Å². The van der Waals surface area contributed by atoms with Crippen LogP contribution in [0.2, 0.25) is 0 Å². The zero-order chi connectivity index (χ0) is 11.0. The molecule has 0 saturated heterocycles. The van der Waals surface area contributed by atoms with E-state index in [9.17, 15) is 0 Å². The van der Waals surface area contributed by atoms with Crippen molar-refractivity contribution in [2.75, 3.05) is 0 Å². The summed E-state index contributed by atoms with van der Waals surface area (Å²) >= 11 is 2.32. The van der Waals surface area contributed by atoms with Gasteiger partial charge in [-0.25, -0.2) is 4.99 Å². The summed E-state index contributed by atoms with van der Waals surface area (Å²) in [6, 6.07) is 16.9. The van der Waals surface area contributed by atoms with Gasteiger partial charge in [0.25, 0.3) is 0 Å². The van der Waals surface area contributed by atoms with Crippen LogP contribution in [0.3, 0.4) is 0 Å². The molecule has 0 aliphatic carbocycles. The van der Waals surface area contributed by atoms with Gasteiger partial charge in [0.15, 0.2) is 0 Å². The molecule has 0 radical (unpaired) electrons. The van der Waals surface area contributed by atoms with Gasteiger partial charge in [-0.3, -0.25) is 0 Å². The molecule has 1 aliphatic rings. The lowest BCUT2D eigenvalue weighted by Crippen LogP contribution is -1.95. The fourth-order valence-electron chi connectivity index (χ4n) is 2.02. The van der Waals surface area contributed by atoms with E-state index in [4.69, 9.17) is 0 Å². The van der Waals surface area contributed by atoms with E-state index >= 15 is 0 Å². The molecule has 1 heterocycles. The Kier molecular flexibility index (Phi) is 2.52. The van der Waals surface area contributed by atoms with Crippen molar-refractivity contribution in [3.8, 4) is 0 Å². The monoisotopic (exact) mass is 319 g/mol. The minimum Gasteiger partial charge on any atom is -0.242 e. The molecular weight excluding hydrogens is 309 g/mol. The SMILES string of the molecule is IC1=Nc2ccccc2Cc2ccccc21. The minimum absolute atomic E-state index is 0.975. The van der Waals surface area contributed by atoms with Gasteiger partial charge in [-0.2, -0.15) is 0 Å². The van der Waals surface area contributed by atoms with E-state index in [1.807, 2.05) is 6.07 Å². The van der Waals surface area contributed by atoms with Crippen LogP contribution in [-0.4, -0.2) is 3.72 Å². The predicted molar refractivity (Wildman–Crippen MR) is 75.9 cm³/mol. The van der Waals surface area contributed by atoms with Crippen LogP contribution >= 0.6 is 22.6 Å². The van der Waals surface area contributed by atoms with Gasteiger partial charge in [-0.1, -0.05) is 42.5 Å². The first kappa shape index (κ1) is 10.0. The fourth-order valence-corrected chi connectivity index (χ4v) is 2.80. The molecule has 2 aromatic rings. The highest BCUT2D eigenvalue weighted by Gasteiger charge is 2.13. The fraction of sp³-hybridized carbons (Fsp3) is 0.0714. The Hall–Kier alpha value is -1.16. The van der Waals surface area contributed by atoms with Gasteiger partial charge in [-0.05, 0) is 39.8 Å². The van der Waals surface area contributed by atoms with Crippen molar-refractivity contribution in [3.63, 3.8) is 0 Å². The van der Waals surface area contributed by atoms with Gasteiger partial charge in [-0.15, -0.1) is 0 Å². The van der Waals surface area contributed by atoms with Crippen molar-refractivity contribution in [2.45, 2.75) is 6.42 Å². The third-order valence-electron chi connectivity index (χ3n) is 2.83. The molecule has 0 saturated carbocycles. The zero-order valence-corrected chi connectivity index (χ0v) is 10.8. The van der Waals surface area contributed by atoms with Gasteiger partial charge >= 0.3 is 0 Å². The van der Waals surface area contributed by atoms with Crippen LogP contribution < -0.4 is 0 Å². The average Bonchev–Trinajstić information content (AvgIpc) is 2.45. The van der Waals surface area contributed by atoms with Crippen LogP contribution in [-0.2, 0) is 6.42 Å². The summed E-state index contributed by atoms with van der Waals surface area (Å²) < 4.78 is 1.08. The van der Waals surface area contributed by atoms with Gasteiger partial charge < -0.3 is 0 Å². The lowest BCUT2D eigenvalue weighted by Gasteiger charge is -2.04. The molecule has 1 nitrogen and oxygen atoms in total. The van der Waals surface area contributed by atoms with E-state index in [1.165, 1.54) is 16.7 Å². The molecule has 2 aromatic carbocycles. The Morgan fingerprint density at radius 3 is 2.44 bits per heavy atom. The second-order valence-electron chi connectivity index (χ2n) is 3.87. The predicted octanol–water partition coefficient (Wildman–Crippen LogP) is 4.10. The van der Waals surface area contributed by atoms with Crippen molar-refractivity contribution in [3.05, 3.63) is 65.2 Å². The highest BCUT2D eigenvalue weighted by molar-refractivity contribution is 14.1. The standard InChI is InChI=1S/C14H10IN/c15-14-12-7-3-1-5-10(12)9-11-6-2-4-8-13(11)16-14/h1-8H,9H2. The van der Waals surface area contributed by atoms with E-state index < -0.39 is 0 Å².